The first-order valence-corrected chi connectivity index (χ1v) is 15.6. The van der Waals surface area contributed by atoms with Crippen LogP contribution in [0.2, 0.25) is 0 Å². The zero-order chi connectivity index (χ0) is 33.8. The molecule has 0 saturated heterocycles. The highest BCUT2D eigenvalue weighted by Gasteiger charge is 2.29. The molecule has 2 aromatic carbocycles. The number of aryl methyl sites for hydroxylation is 3. The number of amides is 1. The third kappa shape index (κ3) is 7.87. The first-order chi connectivity index (χ1) is 22.4. The highest BCUT2D eigenvalue weighted by Crippen LogP contribution is 2.42. The van der Waals surface area contributed by atoms with Gasteiger partial charge in [-0.2, -0.15) is 4.98 Å². The molecule has 6 N–H and O–H groups in total. The molecule has 13 heteroatoms. The van der Waals surface area contributed by atoms with Gasteiger partial charge < -0.3 is 21.0 Å². The number of hydrazine groups is 1. The highest BCUT2D eigenvalue weighted by molar-refractivity contribution is 7.16. The van der Waals surface area contributed by atoms with Gasteiger partial charge in [-0.15, -0.1) is 11.3 Å². The van der Waals surface area contributed by atoms with E-state index in [9.17, 15) is 18.0 Å². The van der Waals surface area contributed by atoms with E-state index in [4.69, 9.17) is 26.8 Å². The molecule has 0 saturated carbocycles. The lowest BCUT2D eigenvalue weighted by Gasteiger charge is -2.19. The molecule has 5 aromatic rings. The van der Waals surface area contributed by atoms with Gasteiger partial charge in [0.15, 0.2) is 17.5 Å². The quantitative estimate of drug-likeness (QED) is 0.104. The van der Waals surface area contributed by atoms with Gasteiger partial charge in [-0.1, -0.05) is 37.2 Å². The summed E-state index contributed by atoms with van der Waals surface area (Å²) in [6.07, 6.45) is 2.91. The van der Waals surface area contributed by atoms with E-state index in [1.807, 2.05) is 19.9 Å². The lowest BCUT2D eigenvalue weighted by atomic mass is 9.91. The fourth-order valence-electron chi connectivity index (χ4n) is 5.22. The molecule has 9 nitrogen and oxygen atoms in total. The minimum absolute atomic E-state index is 0.0724. The van der Waals surface area contributed by atoms with E-state index in [2.05, 4.69) is 10.1 Å². The van der Waals surface area contributed by atoms with Crippen LogP contribution in [0.25, 0.3) is 27.6 Å². The number of primary amides is 1. The zero-order valence-electron chi connectivity index (χ0n) is 26.1. The van der Waals surface area contributed by atoms with Crippen molar-refractivity contribution in [3.05, 3.63) is 117 Å². The summed E-state index contributed by atoms with van der Waals surface area (Å²) in [5.74, 6) is 3.95. The molecule has 0 atom stereocenters. The fourth-order valence-corrected chi connectivity index (χ4v) is 6.21. The molecule has 1 amide bonds. The van der Waals surface area contributed by atoms with Gasteiger partial charge >= 0.3 is 0 Å². The summed E-state index contributed by atoms with van der Waals surface area (Å²) in [7, 11) is 0. The second-order valence-electron chi connectivity index (χ2n) is 11.5. The van der Waals surface area contributed by atoms with Crippen molar-refractivity contribution in [3.8, 4) is 21.9 Å². The number of hydrogen-bond donors (Lipinski definition) is 3. The van der Waals surface area contributed by atoms with E-state index in [1.54, 1.807) is 25.1 Å². The molecule has 0 aliphatic carbocycles. The predicted octanol–water partition coefficient (Wildman–Crippen LogP) is 6.30. The van der Waals surface area contributed by atoms with Crippen molar-refractivity contribution in [1.29, 1.82) is 0 Å². The molecule has 3 heterocycles. The van der Waals surface area contributed by atoms with Gasteiger partial charge in [-0.3, -0.25) is 9.78 Å². The Morgan fingerprint density at radius 3 is 2.30 bits per heavy atom. The Morgan fingerprint density at radius 2 is 1.66 bits per heavy atom. The van der Waals surface area contributed by atoms with Gasteiger partial charge in [-0.25, -0.2) is 19.0 Å². The van der Waals surface area contributed by atoms with Crippen LogP contribution in [0.5, 0.6) is 0 Å². The van der Waals surface area contributed by atoms with Gasteiger partial charge in [-0.05, 0) is 79.6 Å². The van der Waals surface area contributed by atoms with Crippen LogP contribution < -0.4 is 17.3 Å². The number of halogens is 3. The Kier molecular flexibility index (Phi) is 10.1. The number of aromatic nitrogens is 3. The maximum Gasteiger partial charge on any atom is 0.260 e. The van der Waals surface area contributed by atoms with Crippen molar-refractivity contribution in [2.24, 2.45) is 23.2 Å². The summed E-state index contributed by atoms with van der Waals surface area (Å²) in [5.41, 5.74) is 16.5. The molecule has 0 unspecified atom stereocenters. The van der Waals surface area contributed by atoms with Crippen molar-refractivity contribution in [2.75, 3.05) is 0 Å². The van der Waals surface area contributed by atoms with Gasteiger partial charge in [0.05, 0.1) is 39.6 Å². The second kappa shape index (κ2) is 14.2. The molecule has 47 heavy (non-hydrogen) atoms. The number of pyridine rings is 1. The third-order valence-electron chi connectivity index (χ3n) is 7.29. The third-order valence-corrected chi connectivity index (χ3v) is 8.44. The maximum atomic E-state index is 13.7. The number of rotatable bonds is 12. The number of thiophene rings is 1. The van der Waals surface area contributed by atoms with Gasteiger partial charge in [0.1, 0.15) is 5.82 Å². The molecular formula is C34H34F3N7O2S. The molecule has 0 fully saturated rings. The van der Waals surface area contributed by atoms with Crippen molar-refractivity contribution in [2.45, 2.75) is 46.6 Å². The summed E-state index contributed by atoms with van der Waals surface area (Å²) < 4.78 is 46.3. The van der Waals surface area contributed by atoms with Crippen LogP contribution in [0.15, 0.2) is 65.3 Å². The number of nitrogens with zero attached hydrogens (tertiary/aromatic N) is 4. The van der Waals surface area contributed by atoms with E-state index < -0.39 is 17.5 Å². The molecule has 0 spiro atoms. The highest BCUT2D eigenvalue weighted by atomic mass is 32.1. The Labute approximate surface area is 273 Å². The Morgan fingerprint density at radius 1 is 0.936 bits per heavy atom. The van der Waals surface area contributed by atoms with Crippen LogP contribution in [-0.4, -0.2) is 26.0 Å². The predicted molar refractivity (Wildman–Crippen MR) is 175 cm³/mol. The fraction of sp³-hybridized carbons (Fsp3) is 0.235. The average Bonchev–Trinajstić information content (AvgIpc) is 3.67. The standard InChI is InChI=1S/C34H34F3N7O2S/c1-18(2)14-27-30(33(39)45)32(29-13-12-28(47-29)25(38)17-44(40)16-21-6-10-23(36)24(37)15-21)31(34-41-19(3)43-46-34)26(42-27)11-7-20-4-8-22(35)9-5-20/h4-6,8-10,12-13,15,17-18H,7,11,14,16,38,40H2,1-3H3,(H2,39,45)/b25-17-. The normalized spacial score (nSPS) is 11.8. The number of hydrogen-bond acceptors (Lipinski definition) is 9. The first kappa shape index (κ1) is 33.4. The molecule has 0 aliphatic heterocycles. The van der Waals surface area contributed by atoms with Crippen LogP contribution in [0.4, 0.5) is 13.2 Å². The van der Waals surface area contributed by atoms with E-state index in [1.165, 1.54) is 40.7 Å². The molecular weight excluding hydrogens is 627 g/mol. The molecule has 244 valence electrons. The van der Waals surface area contributed by atoms with E-state index in [0.717, 1.165) is 17.7 Å². The van der Waals surface area contributed by atoms with Crippen LogP contribution in [0.1, 0.15) is 57.4 Å². The topological polar surface area (TPSA) is 150 Å². The van der Waals surface area contributed by atoms with Crippen LogP contribution >= 0.6 is 11.3 Å². The molecule has 0 bridgehead atoms. The summed E-state index contributed by atoms with van der Waals surface area (Å²) in [6.45, 7) is 5.80. The number of carbonyl (C=O) groups excluding carboxylic acids is 1. The summed E-state index contributed by atoms with van der Waals surface area (Å²) >= 11 is 1.29. The molecule has 0 radical (unpaired) electrons. The Balaban J connectivity index is 1.61. The average molecular weight is 662 g/mol. The van der Waals surface area contributed by atoms with E-state index in [-0.39, 0.29) is 29.7 Å². The monoisotopic (exact) mass is 661 g/mol. The second-order valence-corrected chi connectivity index (χ2v) is 12.6. The zero-order valence-corrected chi connectivity index (χ0v) is 26.9. The van der Waals surface area contributed by atoms with Crippen molar-refractivity contribution >= 4 is 22.9 Å². The van der Waals surface area contributed by atoms with Crippen LogP contribution in [0.3, 0.4) is 0 Å². The number of benzene rings is 2. The minimum Gasteiger partial charge on any atom is -0.396 e. The van der Waals surface area contributed by atoms with Gasteiger partial charge in [0.2, 0.25) is 0 Å². The smallest absolute Gasteiger partial charge is 0.260 e. The Bertz CT molecular complexity index is 1940. The maximum absolute atomic E-state index is 13.7. The van der Waals surface area contributed by atoms with Crippen molar-refractivity contribution in [3.63, 3.8) is 0 Å². The lowest BCUT2D eigenvalue weighted by Crippen LogP contribution is -2.25. The molecule has 3 aromatic heterocycles. The van der Waals surface area contributed by atoms with E-state index in [0.29, 0.717) is 68.6 Å². The van der Waals surface area contributed by atoms with Crippen LogP contribution in [-0.2, 0) is 25.8 Å². The SMILES string of the molecule is Cc1noc(-c2c(CCc3ccc(F)cc3)nc(CC(C)C)c(C(N)=O)c2-c2ccc(/C(N)=C/N(N)Cc3ccc(F)c(F)c3)s2)n1. The first-order valence-electron chi connectivity index (χ1n) is 14.8. The summed E-state index contributed by atoms with van der Waals surface area (Å²) in [5, 5.41) is 5.26. The largest absolute Gasteiger partial charge is 0.396 e. The molecule has 5 rings (SSSR count). The van der Waals surface area contributed by atoms with Gasteiger partial charge in [0.25, 0.3) is 11.8 Å². The van der Waals surface area contributed by atoms with E-state index >= 15 is 0 Å². The van der Waals surface area contributed by atoms with Crippen LogP contribution in [0, 0.1) is 30.3 Å². The number of nitrogens with two attached hydrogens (primary N) is 3. The van der Waals surface area contributed by atoms with Crippen molar-refractivity contribution in [1.82, 2.24) is 20.1 Å². The van der Waals surface area contributed by atoms with Crippen molar-refractivity contribution < 1.29 is 22.5 Å². The summed E-state index contributed by atoms with van der Waals surface area (Å²) in [6, 6.07) is 13.4. The minimum atomic E-state index is -0.973. The molecule has 0 aliphatic rings. The Hall–Kier alpha value is -5.01. The number of carbonyl (C=O) groups is 1. The lowest BCUT2D eigenvalue weighted by molar-refractivity contribution is 0.0999. The summed E-state index contributed by atoms with van der Waals surface area (Å²) in [4.78, 5) is 23.9. The van der Waals surface area contributed by atoms with Gasteiger partial charge in [0, 0.05) is 16.6 Å².